The minimum Gasteiger partial charge on any atom is -0.389 e. The van der Waals surface area contributed by atoms with Crippen LogP contribution >= 0.6 is 0 Å². The summed E-state index contributed by atoms with van der Waals surface area (Å²) in [7, 11) is 0. The Kier molecular flexibility index (Phi) is 3.72. The Bertz CT molecular complexity index is 534. The fourth-order valence-electron chi connectivity index (χ4n) is 1.85. The molecule has 0 aliphatic heterocycles. The molecule has 0 bridgehead atoms. The summed E-state index contributed by atoms with van der Waals surface area (Å²) in [5.74, 6) is 2.33. The van der Waals surface area contributed by atoms with Crippen molar-refractivity contribution in [2.45, 2.75) is 39.7 Å². The maximum absolute atomic E-state index is 9.79. The van der Waals surface area contributed by atoms with Gasteiger partial charge in [0.15, 0.2) is 11.6 Å². The maximum atomic E-state index is 9.79. The average molecular weight is 246 g/mol. The zero-order chi connectivity index (χ0) is 13.1. The summed E-state index contributed by atoms with van der Waals surface area (Å²) in [5, 5.41) is 14.2. The summed E-state index contributed by atoms with van der Waals surface area (Å²) in [4.78, 5) is 8.78. The van der Waals surface area contributed by atoms with Gasteiger partial charge in [-0.2, -0.15) is 4.68 Å². The second kappa shape index (κ2) is 5.27. The zero-order valence-electron chi connectivity index (χ0n) is 11.0. The lowest BCUT2D eigenvalue weighted by molar-refractivity contribution is 0.198. The quantitative estimate of drug-likeness (QED) is 0.894. The zero-order valence-corrected chi connectivity index (χ0v) is 11.0. The minimum atomic E-state index is -0.576. The van der Waals surface area contributed by atoms with Gasteiger partial charge in [-0.25, -0.2) is 9.97 Å². The molecule has 0 radical (unpaired) electrons. The molecule has 0 fully saturated rings. The second-order valence-electron chi connectivity index (χ2n) is 4.16. The molecule has 0 saturated heterocycles. The van der Waals surface area contributed by atoms with Gasteiger partial charge in [0.2, 0.25) is 0 Å². The molecule has 0 saturated carbocycles. The molecule has 1 N–H and O–H groups in total. The molecule has 96 valence electrons. The van der Waals surface area contributed by atoms with Gasteiger partial charge in [-0.05, 0) is 13.0 Å². The number of rotatable bonds is 4. The number of aliphatic hydroxyl groups excluding tert-OH is 1. The SMILES string of the molecule is CCc1nc(CC)n(-c2ncccc2[C@@H](C)O)n1. The highest BCUT2D eigenvalue weighted by atomic mass is 16.3. The molecule has 2 rings (SSSR count). The van der Waals surface area contributed by atoms with Gasteiger partial charge >= 0.3 is 0 Å². The van der Waals surface area contributed by atoms with E-state index >= 15 is 0 Å². The highest BCUT2D eigenvalue weighted by molar-refractivity contribution is 5.35. The third-order valence-electron chi connectivity index (χ3n) is 2.82. The first-order valence-electron chi connectivity index (χ1n) is 6.25. The molecular weight excluding hydrogens is 228 g/mol. The monoisotopic (exact) mass is 246 g/mol. The molecule has 2 aromatic rings. The van der Waals surface area contributed by atoms with Gasteiger partial charge in [-0.15, -0.1) is 5.10 Å². The van der Waals surface area contributed by atoms with Crippen LogP contribution in [0.2, 0.25) is 0 Å². The molecule has 2 aromatic heterocycles. The van der Waals surface area contributed by atoms with Crippen LogP contribution in [0, 0.1) is 0 Å². The predicted octanol–water partition coefficient (Wildman–Crippen LogP) is 1.84. The molecule has 2 heterocycles. The Morgan fingerprint density at radius 2 is 2.11 bits per heavy atom. The van der Waals surface area contributed by atoms with Gasteiger partial charge in [0, 0.05) is 24.6 Å². The van der Waals surface area contributed by atoms with Crippen LogP contribution in [0.3, 0.4) is 0 Å². The van der Waals surface area contributed by atoms with Crippen molar-refractivity contribution in [1.29, 1.82) is 0 Å². The van der Waals surface area contributed by atoms with Gasteiger partial charge in [-0.3, -0.25) is 0 Å². The van der Waals surface area contributed by atoms with E-state index in [1.165, 1.54) is 0 Å². The summed E-state index contributed by atoms with van der Waals surface area (Å²) in [6, 6.07) is 3.68. The van der Waals surface area contributed by atoms with E-state index in [9.17, 15) is 5.11 Å². The van der Waals surface area contributed by atoms with E-state index in [1.54, 1.807) is 17.8 Å². The van der Waals surface area contributed by atoms with Crippen LogP contribution < -0.4 is 0 Å². The molecule has 18 heavy (non-hydrogen) atoms. The van der Waals surface area contributed by atoms with E-state index < -0.39 is 6.10 Å². The Morgan fingerprint density at radius 3 is 2.72 bits per heavy atom. The Hall–Kier alpha value is -1.75. The molecule has 0 spiro atoms. The summed E-state index contributed by atoms with van der Waals surface area (Å²) < 4.78 is 1.74. The maximum Gasteiger partial charge on any atom is 0.161 e. The number of hydrogen-bond acceptors (Lipinski definition) is 4. The van der Waals surface area contributed by atoms with E-state index in [-0.39, 0.29) is 0 Å². The van der Waals surface area contributed by atoms with Crippen LogP contribution in [-0.2, 0) is 12.8 Å². The summed E-state index contributed by atoms with van der Waals surface area (Å²) in [6.07, 6.45) is 2.70. The Balaban J connectivity index is 2.57. The second-order valence-corrected chi connectivity index (χ2v) is 4.16. The van der Waals surface area contributed by atoms with Crippen LogP contribution in [0.15, 0.2) is 18.3 Å². The summed E-state index contributed by atoms with van der Waals surface area (Å²) >= 11 is 0. The molecule has 0 aliphatic carbocycles. The molecule has 5 nitrogen and oxygen atoms in total. The van der Waals surface area contributed by atoms with Gasteiger partial charge in [-0.1, -0.05) is 19.9 Å². The standard InChI is InChI=1S/C13H18N4O/c1-4-11-15-12(5-2)17(16-11)13-10(9(3)18)7-6-8-14-13/h6-9,18H,4-5H2,1-3H3/t9-/m1/s1. The smallest absolute Gasteiger partial charge is 0.161 e. The Labute approximate surface area is 107 Å². The number of aromatic nitrogens is 4. The third-order valence-corrected chi connectivity index (χ3v) is 2.82. The van der Waals surface area contributed by atoms with Crippen molar-refractivity contribution in [3.8, 4) is 5.82 Å². The lowest BCUT2D eigenvalue weighted by Crippen LogP contribution is -2.09. The molecule has 0 aliphatic rings. The van der Waals surface area contributed by atoms with E-state index in [2.05, 4.69) is 15.1 Å². The largest absolute Gasteiger partial charge is 0.389 e. The average Bonchev–Trinajstić information content (AvgIpc) is 2.81. The van der Waals surface area contributed by atoms with E-state index in [1.807, 2.05) is 26.0 Å². The minimum absolute atomic E-state index is 0.576. The number of hydrogen-bond donors (Lipinski definition) is 1. The number of aliphatic hydroxyl groups is 1. The molecule has 1 atom stereocenters. The van der Waals surface area contributed by atoms with Crippen molar-refractivity contribution in [2.75, 3.05) is 0 Å². The molecule has 0 aromatic carbocycles. The normalized spacial score (nSPS) is 12.7. The van der Waals surface area contributed by atoms with Crippen LogP contribution in [0.25, 0.3) is 5.82 Å². The highest BCUT2D eigenvalue weighted by Crippen LogP contribution is 2.19. The van der Waals surface area contributed by atoms with Crippen LogP contribution in [-0.4, -0.2) is 24.9 Å². The Morgan fingerprint density at radius 1 is 1.33 bits per heavy atom. The van der Waals surface area contributed by atoms with Gasteiger partial charge < -0.3 is 5.11 Å². The third kappa shape index (κ3) is 2.26. The molecular formula is C13H18N4O. The van der Waals surface area contributed by atoms with Crippen LogP contribution in [0.4, 0.5) is 0 Å². The molecule has 0 amide bonds. The number of pyridine rings is 1. The first-order valence-corrected chi connectivity index (χ1v) is 6.25. The van der Waals surface area contributed by atoms with Crippen molar-refractivity contribution >= 4 is 0 Å². The molecule has 5 heteroatoms. The number of nitrogens with zero attached hydrogens (tertiary/aromatic N) is 4. The van der Waals surface area contributed by atoms with E-state index in [0.717, 1.165) is 30.1 Å². The lowest BCUT2D eigenvalue weighted by atomic mass is 10.1. The van der Waals surface area contributed by atoms with Crippen molar-refractivity contribution in [3.05, 3.63) is 35.5 Å². The van der Waals surface area contributed by atoms with E-state index in [4.69, 9.17) is 0 Å². The fourth-order valence-corrected chi connectivity index (χ4v) is 1.85. The van der Waals surface area contributed by atoms with Crippen molar-refractivity contribution in [1.82, 2.24) is 19.7 Å². The predicted molar refractivity (Wildman–Crippen MR) is 68.5 cm³/mol. The van der Waals surface area contributed by atoms with Gasteiger partial charge in [0.1, 0.15) is 5.82 Å². The van der Waals surface area contributed by atoms with E-state index in [0.29, 0.717) is 5.82 Å². The first-order chi connectivity index (χ1) is 8.67. The lowest BCUT2D eigenvalue weighted by Gasteiger charge is -2.11. The number of aryl methyl sites for hydroxylation is 2. The van der Waals surface area contributed by atoms with Crippen LogP contribution in [0.5, 0.6) is 0 Å². The summed E-state index contributed by atoms with van der Waals surface area (Å²) in [5.41, 5.74) is 0.764. The van der Waals surface area contributed by atoms with Crippen molar-refractivity contribution < 1.29 is 5.11 Å². The van der Waals surface area contributed by atoms with Crippen molar-refractivity contribution in [3.63, 3.8) is 0 Å². The van der Waals surface area contributed by atoms with Gasteiger partial charge in [0.25, 0.3) is 0 Å². The topological polar surface area (TPSA) is 63.8 Å². The molecule has 0 unspecified atom stereocenters. The first kappa shape index (κ1) is 12.7. The fraction of sp³-hybridized carbons (Fsp3) is 0.462. The van der Waals surface area contributed by atoms with Crippen LogP contribution in [0.1, 0.15) is 44.1 Å². The summed E-state index contributed by atoms with van der Waals surface area (Å²) in [6.45, 7) is 5.78. The highest BCUT2D eigenvalue weighted by Gasteiger charge is 2.15. The van der Waals surface area contributed by atoms with Crippen molar-refractivity contribution in [2.24, 2.45) is 0 Å². The van der Waals surface area contributed by atoms with Gasteiger partial charge in [0.05, 0.1) is 6.10 Å².